The number of benzene rings is 1. The molecule has 2 aromatic rings. The van der Waals surface area contributed by atoms with Crippen LogP contribution in [0, 0.1) is 5.92 Å². The predicted molar refractivity (Wildman–Crippen MR) is 85.5 cm³/mol. The molecular weight excluding hydrogens is 284 g/mol. The van der Waals surface area contributed by atoms with Crippen LogP contribution in [0.5, 0.6) is 0 Å². The van der Waals surface area contributed by atoms with Gasteiger partial charge in [0.1, 0.15) is 5.52 Å². The van der Waals surface area contributed by atoms with Gasteiger partial charge in [0.25, 0.3) is 5.22 Å². The van der Waals surface area contributed by atoms with E-state index in [1.165, 1.54) is 12.8 Å². The van der Waals surface area contributed by atoms with Crippen LogP contribution in [0.1, 0.15) is 26.7 Å². The van der Waals surface area contributed by atoms with E-state index < -0.39 is 0 Å². The number of nitrogens with one attached hydrogen (secondary N) is 1. The fraction of sp³-hybridized carbons (Fsp3) is 0.562. The summed E-state index contributed by atoms with van der Waals surface area (Å²) in [6, 6.07) is 8.14. The van der Waals surface area contributed by atoms with Gasteiger partial charge in [-0.1, -0.05) is 37.7 Å². The van der Waals surface area contributed by atoms with E-state index in [4.69, 9.17) is 4.42 Å². The molecular formula is C16H22N2O2S. The number of aromatic nitrogens is 1. The van der Waals surface area contributed by atoms with Crippen molar-refractivity contribution in [2.24, 2.45) is 5.92 Å². The van der Waals surface area contributed by atoms with Gasteiger partial charge in [-0.2, -0.15) is 0 Å². The number of hydrogen-bond acceptors (Lipinski definition) is 5. The molecule has 0 aliphatic heterocycles. The van der Waals surface area contributed by atoms with Crippen molar-refractivity contribution in [2.45, 2.75) is 43.5 Å². The molecule has 1 atom stereocenters. The minimum absolute atomic E-state index is 0.156. The number of nitrogens with zero attached hydrogens (tertiary/aromatic N) is 1. The Morgan fingerprint density at radius 2 is 2.19 bits per heavy atom. The van der Waals surface area contributed by atoms with E-state index in [9.17, 15) is 5.11 Å². The summed E-state index contributed by atoms with van der Waals surface area (Å²) in [5, 5.41) is 14.2. The highest BCUT2D eigenvalue weighted by Gasteiger charge is 2.45. The molecule has 0 radical (unpaired) electrons. The second-order valence-electron chi connectivity index (χ2n) is 6.12. The first-order valence-corrected chi connectivity index (χ1v) is 8.48. The lowest BCUT2D eigenvalue weighted by atomic mass is 9.95. The summed E-state index contributed by atoms with van der Waals surface area (Å²) in [6.45, 7) is 4.40. The van der Waals surface area contributed by atoms with Gasteiger partial charge in [0.05, 0.1) is 12.1 Å². The molecule has 114 valence electrons. The SMILES string of the molecule is CC(C)NC(CO)(CSc1nc2ccccc2o1)C1CC1. The topological polar surface area (TPSA) is 58.3 Å². The Morgan fingerprint density at radius 3 is 2.81 bits per heavy atom. The van der Waals surface area contributed by atoms with Crippen molar-refractivity contribution in [3.05, 3.63) is 24.3 Å². The summed E-state index contributed by atoms with van der Waals surface area (Å²) >= 11 is 1.59. The fourth-order valence-corrected chi connectivity index (χ4v) is 3.91. The van der Waals surface area contributed by atoms with Gasteiger partial charge in [0.15, 0.2) is 5.58 Å². The zero-order valence-corrected chi connectivity index (χ0v) is 13.3. The Morgan fingerprint density at radius 1 is 1.43 bits per heavy atom. The zero-order chi connectivity index (χ0) is 14.9. The Bertz CT molecular complexity index is 576. The van der Waals surface area contributed by atoms with Gasteiger partial charge in [0.2, 0.25) is 0 Å². The minimum atomic E-state index is -0.223. The first-order valence-electron chi connectivity index (χ1n) is 7.50. The van der Waals surface area contributed by atoms with Crippen LogP contribution in [0.2, 0.25) is 0 Å². The Balaban J connectivity index is 1.73. The van der Waals surface area contributed by atoms with E-state index in [2.05, 4.69) is 24.1 Å². The summed E-state index contributed by atoms with van der Waals surface area (Å²) in [7, 11) is 0. The molecule has 1 saturated carbocycles. The van der Waals surface area contributed by atoms with Crippen molar-refractivity contribution in [1.82, 2.24) is 10.3 Å². The number of oxazole rings is 1. The van der Waals surface area contributed by atoms with Crippen molar-refractivity contribution >= 4 is 22.9 Å². The average Bonchev–Trinajstić information content (AvgIpc) is 3.23. The van der Waals surface area contributed by atoms with Crippen LogP contribution in [0.15, 0.2) is 33.9 Å². The third-order valence-corrected chi connectivity index (χ3v) is 5.03. The fourth-order valence-electron chi connectivity index (χ4n) is 2.81. The molecule has 1 aromatic heterocycles. The molecule has 21 heavy (non-hydrogen) atoms. The monoisotopic (exact) mass is 306 g/mol. The zero-order valence-electron chi connectivity index (χ0n) is 12.5. The van der Waals surface area contributed by atoms with Gasteiger partial charge in [-0.15, -0.1) is 0 Å². The van der Waals surface area contributed by atoms with E-state index in [1.54, 1.807) is 11.8 Å². The molecule has 1 fully saturated rings. The van der Waals surface area contributed by atoms with Gasteiger partial charge >= 0.3 is 0 Å². The molecule has 0 saturated heterocycles. The molecule has 5 heteroatoms. The average molecular weight is 306 g/mol. The number of aliphatic hydroxyl groups is 1. The second-order valence-corrected chi connectivity index (χ2v) is 7.05. The normalized spacial score (nSPS) is 18.3. The van der Waals surface area contributed by atoms with Crippen LogP contribution < -0.4 is 5.32 Å². The van der Waals surface area contributed by atoms with Crippen LogP contribution in [-0.2, 0) is 0 Å². The highest BCUT2D eigenvalue weighted by molar-refractivity contribution is 7.99. The van der Waals surface area contributed by atoms with Crippen LogP contribution in [0.4, 0.5) is 0 Å². The van der Waals surface area contributed by atoms with Crippen molar-refractivity contribution in [3.63, 3.8) is 0 Å². The highest BCUT2D eigenvalue weighted by Crippen LogP contribution is 2.42. The maximum atomic E-state index is 9.93. The molecule has 1 heterocycles. The Hall–Kier alpha value is -1.04. The number of hydrogen-bond donors (Lipinski definition) is 2. The summed E-state index contributed by atoms with van der Waals surface area (Å²) in [4.78, 5) is 4.50. The Labute approximate surface area is 129 Å². The number of rotatable bonds is 7. The molecule has 4 nitrogen and oxygen atoms in total. The molecule has 0 amide bonds. The van der Waals surface area contributed by atoms with Crippen molar-refractivity contribution in [3.8, 4) is 0 Å². The van der Waals surface area contributed by atoms with Crippen LogP contribution >= 0.6 is 11.8 Å². The van der Waals surface area contributed by atoms with E-state index in [0.717, 1.165) is 16.9 Å². The molecule has 1 aromatic carbocycles. The smallest absolute Gasteiger partial charge is 0.256 e. The standard InChI is InChI=1S/C16H22N2O2S/c1-11(2)18-16(9-19,12-7-8-12)10-21-15-17-13-5-3-4-6-14(13)20-15/h3-6,11-12,18-19H,7-10H2,1-2H3. The van der Waals surface area contributed by atoms with Crippen LogP contribution in [0.25, 0.3) is 11.1 Å². The third kappa shape index (κ3) is 3.25. The molecule has 2 N–H and O–H groups in total. The number of aliphatic hydroxyl groups excluding tert-OH is 1. The van der Waals surface area contributed by atoms with Crippen molar-refractivity contribution < 1.29 is 9.52 Å². The molecule has 1 aliphatic carbocycles. The molecule has 3 rings (SSSR count). The van der Waals surface area contributed by atoms with Gasteiger partial charge in [-0.05, 0) is 30.9 Å². The second kappa shape index (κ2) is 5.99. The van der Waals surface area contributed by atoms with E-state index in [0.29, 0.717) is 17.2 Å². The molecule has 1 unspecified atom stereocenters. The van der Waals surface area contributed by atoms with E-state index in [1.807, 2.05) is 24.3 Å². The first-order chi connectivity index (χ1) is 10.1. The molecule has 0 bridgehead atoms. The third-order valence-electron chi connectivity index (χ3n) is 3.94. The first kappa shape index (κ1) is 14.9. The Kier molecular flexibility index (Phi) is 4.24. The summed E-state index contributed by atoms with van der Waals surface area (Å²) in [5.41, 5.74) is 1.48. The number of thioether (sulfide) groups is 1. The predicted octanol–water partition coefficient (Wildman–Crippen LogP) is 3.06. The van der Waals surface area contributed by atoms with Gasteiger partial charge in [-0.3, -0.25) is 0 Å². The highest BCUT2D eigenvalue weighted by atomic mass is 32.2. The summed E-state index contributed by atoms with van der Waals surface area (Å²) in [6.07, 6.45) is 2.38. The van der Waals surface area contributed by atoms with E-state index >= 15 is 0 Å². The lowest BCUT2D eigenvalue weighted by Gasteiger charge is -2.34. The van der Waals surface area contributed by atoms with E-state index in [-0.39, 0.29) is 12.1 Å². The van der Waals surface area contributed by atoms with Gasteiger partial charge in [0, 0.05) is 11.8 Å². The molecule has 0 spiro atoms. The van der Waals surface area contributed by atoms with Gasteiger partial charge in [-0.25, -0.2) is 4.98 Å². The largest absolute Gasteiger partial charge is 0.431 e. The van der Waals surface area contributed by atoms with Gasteiger partial charge < -0.3 is 14.8 Å². The molecule has 1 aliphatic rings. The maximum Gasteiger partial charge on any atom is 0.256 e. The number of fused-ring (bicyclic) bond motifs is 1. The quantitative estimate of drug-likeness (QED) is 0.770. The maximum absolute atomic E-state index is 9.93. The van der Waals surface area contributed by atoms with Crippen LogP contribution in [-0.4, -0.2) is 34.0 Å². The lowest BCUT2D eigenvalue weighted by molar-refractivity contribution is 0.150. The van der Waals surface area contributed by atoms with Crippen LogP contribution in [0.3, 0.4) is 0 Å². The summed E-state index contributed by atoms with van der Waals surface area (Å²) < 4.78 is 5.76. The minimum Gasteiger partial charge on any atom is -0.431 e. The summed E-state index contributed by atoms with van der Waals surface area (Å²) in [5.74, 6) is 1.33. The number of para-hydroxylation sites is 2. The lowest BCUT2D eigenvalue weighted by Crippen LogP contribution is -2.55. The van der Waals surface area contributed by atoms with Crippen molar-refractivity contribution in [1.29, 1.82) is 0 Å². The van der Waals surface area contributed by atoms with Crippen molar-refractivity contribution in [2.75, 3.05) is 12.4 Å².